The molecular weight excluding hydrogens is 240 g/mol. The lowest BCUT2D eigenvalue weighted by Crippen LogP contribution is -2.28. The molecule has 1 N–H and O–H groups in total. The Hall–Kier alpha value is -1.42. The van der Waals surface area contributed by atoms with Crippen LogP contribution in [0.4, 0.5) is 5.69 Å². The first kappa shape index (κ1) is 14.0. The molecule has 1 fully saturated rings. The minimum atomic E-state index is 0.673. The quantitative estimate of drug-likeness (QED) is 0.854. The number of hydrogen-bond donors (Lipinski definition) is 1. The van der Waals surface area contributed by atoms with Crippen LogP contribution in [-0.2, 0) is 0 Å². The largest absolute Gasteiger partial charge is 0.497 e. The van der Waals surface area contributed by atoms with E-state index in [1.165, 1.54) is 25.8 Å². The minimum absolute atomic E-state index is 0.673. The number of rotatable bonds is 6. The highest BCUT2D eigenvalue weighted by atomic mass is 16.5. The van der Waals surface area contributed by atoms with Gasteiger partial charge in [-0.2, -0.15) is 0 Å². The predicted octanol–water partition coefficient (Wildman–Crippen LogP) is 2.28. The molecule has 106 valence electrons. The molecule has 0 aromatic heterocycles. The van der Waals surface area contributed by atoms with E-state index < -0.39 is 0 Å². The van der Waals surface area contributed by atoms with Crippen molar-refractivity contribution in [2.24, 2.45) is 0 Å². The zero-order chi connectivity index (χ0) is 13.7. The van der Waals surface area contributed by atoms with Gasteiger partial charge in [-0.3, -0.25) is 0 Å². The molecule has 2 rings (SSSR count). The van der Waals surface area contributed by atoms with Crippen LogP contribution in [0, 0.1) is 0 Å². The van der Waals surface area contributed by atoms with Crippen LogP contribution in [0.1, 0.15) is 19.3 Å². The van der Waals surface area contributed by atoms with E-state index in [-0.39, 0.29) is 0 Å². The van der Waals surface area contributed by atoms with Crippen LogP contribution in [0.25, 0.3) is 0 Å². The van der Waals surface area contributed by atoms with Gasteiger partial charge < -0.3 is 19.7 Å². The molecule has 1 unspecified atom stereocenters. The van der Waals surface area contributed by atoms with E-state index in [1.807, 2.05) is 12.1 Å². The van der Waals surface area contributed by atoms with Crippen LogP contribution in [0.2, 0.25) is 0 Å². The van der Waals surface area contributed by atoms with Crippen molar-refractivity contribution in [2.75, 3.05) is 39.3 Å². The lowest BCUT2D eigenvalue weighted by molar-refractivity contribution is 0.394. The van der Waals surface area contributed by atoms with Crippen LogP contribution < -0.4 is 19.7 Å². The number of nitrogens with one attached hydrogen (secondary N) is 1. The maximum atomic E-state index is 5.44. The third-order valence-corrected chi connectivity index (χ3v) is 3.77. The van der Waals surface area contributed by atoms with Gasteiger partial charge in [-0.25, -0.2) is 0 Å². The highest BCUT2D eigenvalue weighted by Crippen LogP contribution is 2.31. The average molecular weight is 264 g/mol. The van der Waals surface area contributed by atoms with Crippen molar-refractivity contribution in [3.63, 3.8) is 0 Å². The highest BCUT2D eigenvalue weighted by Gasteiger charge is 2.16. The predicted molar refractivity (Wildman–Crippen MR) is 78.5 cm³/mol. The van der Waals surface area contributed by atoms with Gasteiger partial charge in [0.1, 0.15) is 11.5 Å². The summed E-state index contributed by atoms with van der Waals surface area (Å²) in [5.41, 5.74) is 1.11. The number of anilines is 1. The Morgan fingerprint density at radius 1 is 1.32 bits per heavy atom. The van der Waals surface area contributed by atoms with Gasteiger partial charge in [0.25, 0.3) is 0 Å². The van der Waals surface area contributed by atoms with E-state index in [2.05, 4.69) is 23.3 Å². The normalized spacial score (nSPS) is 18.4. The molecule has 1 heterocycles. The molecule has 1 aromatic carbocycles. The van der Waals surface area contributed by atoms with Gasteiger partial charge in [0.05, 0.1) is 19.9 Å². The molecular formula is C15H24N2O2. The topological polar surface area (TPSA) is 33.7 Å². The number of hydrogen-bond acceptors (Lipinski definition) is 4. The van der Waals surface area contributed by atoms with Crippen molar-refractivity contribution in [2.45, 2.75) is 25.3 Å². The molecule has 19 heavy (non-hydrogen) atoms. The fourth-order valence-corrected chi connectivity index (χ4v) is 2.57. The number of nitrogens with zero attached hydrogens (tertiary/aromatic N) is 1. The monoisotopic (exact) mass is 264 g/mol. The van der Waals surface area contributed by atoms with Crippen molar-refractivity contribution in [1.82, 2.24) is 5.32 Å². The van der Waals surface area contributed by atoms with Crippen LogP contribution in [0.3, 0.4) is 0 Å². The Balaban J connectivity index is 1.98. The van der Waals surface area contributed by atoms with E-state index in [4.69, 9.17) is 9.47 Å². The van der Waals surface area contributed by atoms with E-state index >= 15 is 0 Å². The molecule has 1 saturated heterocycles. The minimum Gasteiger partial charge on any atom is -0.497 e. The third-order valence-electron chi connectivity index (χ3n) is 3.77. The number of benzene rings is 1. The summed E-state index contributed by atoms with van der Waals surface area (Å²) in [6.45, 7) is 2.20. The van der Waals surface area contributed by atoms with Gasteiger partial charge in [-0.1, -0.05) is 0 Å². The molecule has 1 aliphatic rings. The van der Waals surface area contributed by atoms with Gasteiger partial charge >= 0.3 is 0 Å². The summed E-state index contributed by atoms with van der Waals surface area (Å²) in [6.07, 6.45) is 3.78. The number of methoxy groups -OCH3 is 2. The fraction of sp³-hybridized carbons (Fsp3) is 0.600. The van der Waals surface area contributed by atoms with Crippen LogP contribution in [0.5, 0.6) is 11.5 Å². The third kappa shape index (κ3) is 3.53. The Morgan fingerprint density at radius 3 is 2.79 bits per heavy atom. The molecule has 1 aliphatic heterocycles. The van der Waals surface area contributed by atoms with Crippen molar-refractivity contribution in [3.8, 4) is 11.5 Å². The van der Waals surface area contributed by atoms with Gasteiger partial charge in [0.2, 0.25) is 0 Å². The zero-order valence-electron chi connectivity index (χ0n) is 12.1. The molecule has 0 saturated carbocycles. The van der Waals surface area contributed by atoms with E-state index in [1.54, 1.807) is 14.2 Å². The SMILES string of the molecule is COc1ccc(N(C)CCC2CCCN2)c(OC)c1. The second-order valence-electron chi connectivity index (χ2n) is 5.04. The first-order valence-electron chi connectivity index (χ1n) is 6.91. The van der Waals surface area contributed by atoms with Crippen LogP contribution in [-0.4, -0.2) is 40.4 Å². The molecule has 0 bridgehead atoms. The lowest BCUT2D eigenvalue weighted by Gasteiger charge is -2.23. The molecule has 0 spiro atoms. The zero-order valence-corrected chi connectivity index (χ0v) is 12.1. The maximum absolute atomic E-state index is 5.44. The Labute approximate surface area is 115 Å². The smallest absolute Gasteiger partial charge is 0.145 e. The van der Waals surface area contributed by atoms with E-state index in [0.717, 1.165) is 23.7 Å². The van der Waals surface area contributed by atoms with Gasteiger partial charge in [-0.15, -0.1) is 0 Å². The molecule has 4 heteroatoms. The van der Waals surface area contributed by atoms with Crippen molar-refractivity contribution >= 4 is 5.69 Å². The standard InChI is InChI=1S/C15H24N2O2/c1-17(10-8-12-5-4-9-16-12)14-7-6-13(18-2)11-15(14)19-3/h6-7,11-12,16H,4-5,8-10H2,1-3H3. The Kier molecular flexibility index (Phi) is 4.91. The summed E-state index contributed by atoms with van der Waals surface area (Å²) in [6, 6.07) is 6.63. The van der Waals surface area contributed by atoms with E-state index in [9.17, 15) is 0 Å². The second kappa shape index (κ2) is 6.66. The second-order valence-corrected chi connectivity index (χ2v) is 5.04. The highest BCUT2D eigenvalue weighted by molar-refractivity contribution is 5.60. The lowest BCUT2D eigenvalue weighted by atomic mass is 10.1. The van der Waals surface area contributed by atoms with Crippen LogP contribution >= 0.6 is 0 Å². The summed E-state index contributed by atoms with van der Waals surface area (Å²) < 4.78 is 10.7. The molecule has 1 atom stereocenters. The van der Waals surface area contributed by atoms with Crippen molar-refractivity contribution in [3.05, 3.63) is 18.2 Å². The Morgan fingerprint density at radius 2 is 2.16 bits per heavy atom. The average Bonchev–Trinajstić information content (AvgIpc) is 2.97. The molecule has 1 aromatic rings. The summed E-state index contributed by atoms with van der Waals surface area (Å²) in [7, 11) is 5.48. The first-order valence-corrected chi connectivity index (χ1v) is 6.91. The first-order chi connectivity index (χ1) is 9.24. The molecule has 0 aliphatic carbocycles. The fourth-order valence-electron chi connectivity index (χ4n) is 2.57. The van der Waals surface area contributed by atoms with Crippen molar-refractivity contribution < 1.29 is 9.47 Å². The van der Waals surface area contributed by atoms with Gasteiger partial charge in [0.15, 0.2) is 0 Å². The summed E-state index contributed by atoms with van der Waals surface area (Å²) in [5.74, 6) is 1.69. The molecule has 4 nitrogen and oxygen atoms in total. The molecule has 0 radical (unpaired) electrons. The van der Waals surface area contributed by atoms with Gasteiger partial charge in [-0.05, 0) is 37.9 Å². The summed E-state index contributed by atoms with van der Waals surface area (Å²) in [4.78, 5) is 2.25. The summed E-state index contributed by atoms with van der Waals surface area (Å²) >= 11 is 0. The van der Waals surface area contributed by atoms with E-state index in [0.29, 0.717) is 6.04 Å². The van der Waals surface area contributed by atoms with Gasteiger partial charge in [0, 0.05) is 25.7 Å². The number of ether oxygens (including phenoxy) is 2. The van der Waals surface area contributed by atoms with Crippen LogP contribution in [0.15, 0.2) is 18.2 Å². The summed E-state index contributed by atoms with van der Waals surface area (Å²) in [5, 5.41) is 3.53. The maximum Gasteiger partial charge on any atom is 0.145 e. The molecule has 0 amide bonds. The Bertz CT molecular complexity index is 403. The van der Waals surface area contributed by atoms with Crippen molar-refractivity contribution in [1.29, 1.82) is 0 Å².